The van der Waals surface area contributed by atoms with E-state index in [1.54, 1.807) is 35.9 Å². The number of carboxylic acid groups (broad SMARTS) is 2. The number of carbonyl (C=O) groups excluding carboxylic acids is 4. The van der Waals surface area contributed by atoms with Gasteiger partial charge in [0.15, 0.2) is 29.1 Å². The van der Waals surface area contributed by atoms with Crippen molar-refractivity contribution in [1.82, 2.24) is 16.0 Å². The van der Waals surface area contributed by atoms with Crippen LogP contribution in [0.2, 0.25) is 25.3 Å². The number of nitrogens with one attached hydrogen (secondary N) is 3. The minimum atomic E-state index is -1.05. The molecule has 5 radical (unpaired) electrons. The Kier molecular flexibility index (Phi) is 133. The molecule has 0 saturated carbocycles. The Bertz CT molecular complexity index is 804. The van der Waals surface area contributed by atoms with Crippen LogP contribution < -0.4 is 33.2 Å². The quantitative estimate of drug-likeness (QED) is 0.0139. The largest absolute Gasteiger partial charge is 0.480 e. The molecule has 0 unspecified atom stereocenters. The zero-order valence-electron chi connectivity index (χ0n) is 35.1. The van der Waals surface area contributed by atoms with Gasteiger partial charge in [0.2, 0.25) is 0 Å². The topological polar surface area (TPSA) is 277 Å². The van der Waals surface area contributed by atoms with Crippen LogP contribution in [-0.2, 0) is 47.3 Å². The SMILES string of the molecule is C.CC[C@@H](N)CC[B]C=O.CC[C@H](CC[B]C=O)NC.CI.CN[C@@H](CC[B]C=O)C(=O)O.CN[C@H](CO)CC[B]C=O.IC(I)I.ICI.NC[C@H](N)C(=O)O.[CH2-]I.[V]. The number of aliphatic hydroxyl groups is 1. The summed E-state index contributed by atoms with van der Waals surface area (Å²) in [7, 11) is 11.6. The molecular formula is C33H72B4I7N6O9V-. The van der Waals surface area contributed by atoms with Gasteiger partial charge < -0.3 is 90.2 Å². The summed E-state index contributed by atoms with van der Waals surface area (Å²) >= 11 is 15.6. The van der Waals surface area contributed by atoms with Gasteiger partial charge in [-0.25, -0.2) is 0 Å². The molecule has 0 aromatic heterocycles. The zero-order chi connectivity index (χ0) is 47.6. The molecule has 0 spiro atoms. The number of alkyl halides is 6. The molecule has 5 atom stereocenters. The minimum Gasteiger partial charge on any atom is -0.480 e. The Hall–Kier alpha value is 3.29. The fraction of sp³-hybridized carbons (Fsp3) is 0.788. The third-order valence-corrected chi connectivity index (χ3v) is 6.35. The van der Waals surface area contributed by atoms with Crippen LogP contribution in [0.4, 0.5) is 0 Å². The van der Waals surface area contributed by atoms with Crippen LogP contribution in [0, 0.1) is 4.93 Å². The summed E-state index contributed by atoms with van der Waals surface area (Å²) in [5.41, 5.74) is 15.3. The predicted molar refractivity (Wildman–Crippen MR) is 319 cm³/mol. The van der Waals surface area contributed by atoms with Crippen molar-refractivity contribution in [3.05, 3.63) is 4.93 Å². The van der Waals surface area contributed by atoms with Gasteiger partial charge in [0, 0.05) is 43.2 Å². The van der Waals surface area contributed by atoms with E-state index in [0.29, 0.717) is 25.0 Å². The summed E-state index contributed by atoms with van der Waals surface area (Å²) in [6, 6.07) is -0.500. The molecular weight excluding hydrogens is 1610 g/mol. The van der Waals surface area contributed by atoms with Crippen molar-refractivity contribution in [3.63, 3.8) is 0 Å². The molecule has 0 bridgehead atoms. The second-order valence-electron chi connectivity index (χ2n) is 10.2. The smallest absolute Gasteiger partial charge is 0.321 e. The first kappa shape index (κ1) is 89.8. The summed E-state index contributed by atoms with van der Waals surface area (Å²) in [6.45, 7) is 4.31. The summed E-state index contributed by atoms with van der Waals surface area (Å²) in [4.78, 5) is 64.6. The Balaban J connectivity index is -0.0000000521. The van der Waals surface area contributed by atoms with Gasteiger partial charge in [-0.05, 0) is 64.6 Å². The number of aliphatic hydroxyl groups excluding tert-OH is 1. The summed E-state index contributed by atoms with van der Waals surface area (Å²) in [6.07, 6.45) is 11.5. The zero-order valence-corrected chi connectivity index (χ0v) is 51.6. The van der Waals surface area contributed by atoms with Gasteiger partial charge in [0.05, 0.1) is 33.8 Å². The number of likely N-dealkylation sites (N-methyl/N-ethyl adjacent to an activating group) is 2. The van der Waals surface area contributed by atoms with Crippen molar-refractivity contribution in [1.29, 1.82) is 0 Å². The Labute approximate surface area is 474 Å². The Morgan fingerprint density at radius 3 is 1.20 bits per heavy atom. The van der Waals surface area contributed by atoms with E-state index in [1.165, 1.54) is 9.71 Å². The standard InChI is InChI=1S/C7H15BNO.C6H11BNO3.C6H13BNO2.C6H13BNO.C3H8N2O2.CHI3.CH2I2.CH3I.CH2I.CH4.V/c1-3-7(9-2)4-5-8-6-10;1-8-5(6(10)11)2-3-7-4-9;1-8-6(4-9)2-3-7-5-10;1-2-6(8)3-4-7-5-9;4-1-2(5)3(6)7;2-1(3)4;2-1-3;2*1-2;;/h6-7,9H,3-5H2,1-2H3;4-5,8H,2-3H2,1H3,(H,10,11);5-6,8-9H,2-4H2,1H3;5-6H,2-4,8H2,1H3;2H,1,4-5H2,(H,6,7);1H;1H2;1H3;1H2;1H4;/q;;;;;;;;-1;;/t7-;5-;2*6-;2-;;;;;;/m10010....../s1. The van der Waals surface area contributed by atoms with E-state index in [-0.39, 0.29) is 51.2 Å². The molecule has 60 heavy (non-hydrogen) atoms. The monoisotopic (exact) mass is 1680 g/mol. The number of aliphatic carboxylic acids is 2. The molecule has 0 aromatic rings. The van der Waals surface area contributed by atoms with E-state index in [0.717, 1.165) is 69.6 Å². The molecule has 0 saturated heterocycles. The fourth-order valence-electron chi connectivity index (χ4n) is 3.02. The average Bonchev–Trinajstić information content (AvgIpc) is 3.22. The van der Waals surface area contributed by atoms with Crippen molar-refractivity contribution in [2.45, 2.75) is 115 Å². The third kappa shape index (κ3) is 109. The van der Waals surface area contributed by atoms with Gasteiger partial charge in [-0.15, -0.1) is 0 Å². The average molecular weight is 1680 g/mol. The molecule has 12 N–H and O–H groups in total. The maximum atomic E-state index is 10.4. The van der Waals surface area contributed by atoms with Crippen LogP contribution in [0.5, 0.6) is 0 Å². The molecule has 0 amide bonds. The number of nitrogens with two attached hydrogens (primary N) is 3. The molecule has 15 nitrogen and oxygen atoms in total. The van der Waals surface area contributed by atoms with Crippen LogP contribution in [0.25, 0.3) is 0 Å². The first-order valence-electron chi connectivity index (χ1n) is 17.6. The maximum Gasteiger partial charge on any atom is 0.321 e. The van der Waals surface area contributed by atoms with E-state index in [4.69, 9.17) is 32.5 Å². The second-order valence-corrected chi connectivity index (χ2v) is 25.6. The van der Waals surface area contributed by atoms with Crippen LogP contribution in [0.1, 0.15) is 59.8 Å². The van der Waals surface area contributed by atoms with Crippen molar-refractivity contribution < 1.29 is 62.6 Å². The first-order chi connectivity index (χ1) is 27.5. The van der Waals surface area contributed by atoms with Crippen LogP contribution >= 0.6 is 158 Å². The molecule has 27 heteroatoms. The maximum absolute atomic E-state index is 10.4. The Morgan fingerprint density at radius 2 is 1.00 bits per heavy atom. The van der Waals surface area contributed by atoms with Gasteiger partial charge >= 0.3 is 11.9 Å². The van der Waals surface area contributed by atoms with E-state index in [9.17, 15) is 28.8 Å². The van der Waals surface area contributed by atoms with Gasteiger partial charge in [-0.3, -0.25) is 14.5 Å². The molecule has 355 valence electrons. The summed E-state index contributed by atoms with van der Waals surface area (Å²) < 4.78 is 1.93. The molecule has 0 aromatic carbocycles. The number of hydrogen-bond donors (Lipinski definition) is 9. The minimum absolute atomic E-state index is 0. The molecule has 0 aliphatic heterocycles. The van der Waals surface area contributed by atoms with Crippen molar-refractivity contribution in [3.8, 4) is 0 Å². The summed E-state index contributed by atoms with van der Waals surface area (Å²) in [5, 5.41) is 33.9. The van der Waals surface area contributed by atoms with Gasteiger partial charge in [-0.1, -0.05) is 182 Å². The van der Waals surface area contributed by atoms with Gasteiger partial charge in [0.25, 0.3) is 0 Å². The fourth-order valence-corrected chi connectivity index (χ4v) is 3.02. The molecule has 0 aliphatic carbocycles. The molecule has 0 rings (SSSR count). The third-order valence-electron chi connectivity index (χ3n) is 6.35. The van der Waals surface area contributed by atoms with Gasteiger partial charge in [-0.2, -0.15) is 0 Å². The van der Waals surface area contributed by atoms with E-state index in [1.807, 2.05) is 41.5 Å². The van der Waals surface area contributed by atoms with Crippen molar-refractivity contribution >= 4 is 224 Å². The van der Waals surface area contributed by atoms with Crippen molar-refractivity contribution in [2.75, 3.05) is 41.7 Å². The first-order valence-corrected chi connectivity index (χ1v) is 28.1. The van der Waals surface area contributed by atoms with Gasteiger partial charge in [0.1, 0.15) is 12.0 Å². The number of halogens is 7. The van der Waals surface area contributed by atoms with Crippen LogP contribution in [0.15, 0.2) is 0 Å². The summed E-state index contributed by atoms with van der Waals surface area (Å²) in [5.74, 6) is -1.94. The van der Waals surface area contributed by atoms with Crippen LogP contribution in [-0.4, -0.2) is 153 Å². The number of carboxylic acids is 2. The number of rotatable bonds is 25. The predicted octanol–water partition coefficient (Wildman–Crippen LogP) is 5.39. The van der Waals surface area contributed by atoms with E-state index >= 15 is 0 Å². The number of hydrogen-bond acceptors (Lipinski definition) is 13. The molecule has 0 heterocycles. The van der Waals surface area contributed by atoms with E-state index in [2.05, 4.69) is 163 Å². The molecule has 0 aliphatic rings. The van der Waals surface area contributed by atoms with E-state index < -0.39 is 24.0 Å². The van der Waals surface area contributed by atoms with Crippen molar-refractivity contribution in [2.24, 2.45) is 17.2 Å². The molecule has 0 fully saturated rings. The van der Waals surface area contributed by atoms with Crippen LogP contribution in [0.3, 0.4) is 0 Å². The second kappa shape index (κ2) is 89.0. The Morgan fingerprint density at radius 1 is 0.683 bits per heavy atom. The normalized spacial score (nSPS) is 11.0. The number of carbonyl (C=O) groups is 6.